The van der Waals surface area contributed by atoms with Crippen molar-refractivity contribution in [1.29, 1.82) is 0 Å². The van der Waals surface area contributed by atoms with Crippen LogP contribution in [0.2, 0.25) is 0 Å². The molecule has 0 spiro atoms. The van der Waals surface area contributed by atoms with Crippen molar-refractivity contribution in [3.05, 3.63) is 70.8 Å². The Morgan fingerprint density at radius 2 is 0.682 bits per heavy atom. The quantitative estimate of drug-likeness (QED) is 0.463. The van der Waals surface area contributed by atoms with Crippen LogP contribution < -0.4 is 0 Å². The summed E-state index contributed by atoms with van der Waals surface area (Å²) in [4.78, 5) is 0. The topological polar surface area (TPSA) is 0 Å². The average molecular weight is 305 g/mol. The van der Waals surface area contributed by atoms with Gasteiger partial charge in [0.25, 0.3) is 0 Å². The molecule has 0 nitrogen and oxygen atoms in total. The van der Waals surface area contributed by atoms with Crippen molar-refractivity contribution in [2.75, 3.05) is 0 Å². The minimum absolute atomic E-state index is 0. The van der Waals surface area contributed by atoms with E-state index in [-0.39, 0.29) is 14.9 Å². The molecule has 2 rings (SSSR count). The molecule has 2 aromatic rings. The molecule has 0 aliphatic carbocycles. The maximum Gasteiger partial charge on any atom is -0.0395 e. The molecular formula is C22H40. The number of rotatable bonds is 0. The standard InChI is InChI=1S/2C8H10.2C2H6.2CH4/c1-7-3-5-8(2)6-4-7;1-7-5-3-4-6-8(7)2;2*1-2;;/h2*3-6H,1-2H3;2*1-2H3;2*1H4. The van der Waals surface area contributed by atoms with Crippen LogP contribution in [0.25, 0.3) is 0 Å². The van der Waals surface area contributed by atoms with Gasteiger partial charge in [-0.25, -0.2) is 0 Å². The second kappa shape index (κ2) is 19.4. The maximum absolute atomic E-state index is 2.12. The first-order valence-corrected chi connectivity index (χ1v) is 7.65. The summed E-state index contributed by atoms with van der Waals surface area (Å²) in [6.07, 6.45) is 0. The van der Waals surface area contributed by atoms with E-state index in [4.69, 9.17) is 0 Å². The molecule has 0 heterocycles. The van der Waals surface area contributed by atoms with Gasteiger partial charge in [-0.05, 0) is 38.8 Å². The van der Waals surface area contributed by atoms with Crippen LogP contribution in [0.5, 0.6) is 0 Å². The first-order chi connectivity index (χ1) is 9.59. The zero-order chi connectivity index (χ0) is 16.0. The molecule has 0 N–H and O–H groups in total. The molecule has 0 atom stereocenters. The summed E-state index contributed by atoms with van der Waals surface area (Å²) >= 11 is 0. The molecule has 0 saturated heterocycles. The molecule has 0 aromatic heterocycles. The van der Waals surface area contributed by atoms with Gasteiger partial charge in [0.15, 0.2) is 0 Å². The number of benzene rings is 2. The van der Waals surface area contributed by atoms with Gasteiger partial charge in [-0.15, -0.1) is 0 Å². The van der Waals surface area contributed by atoms with Crippen LogP contribution in [0, 0.1) is 27.7 Å². The summed E-state index contributed by atoms with van der Waals surface area (Å²) in [7, 11) is 0. The van der Waals surface area contributed by atoms with E-state index in [1.54, 1.807) is 0 Å². The van der Waals surface area contributed by atoms with Gasteiger partial charge in [0.2, 0.25) is 0 Å². The van der Waals surface area contributed by atoms with E-state index in [1.165, 1.54) is 22.3 Å². The smallest absolute Gasteiger partial charge is 0.0395 e. The fourth-order valence-corrected chi connectivity index (χ4v) is 1.30. The Morgan fingerprint density at radius 1 is 0.455 bits per heavy atom. The molecule has 0 aliphatic rings. The first-order valence-electron chi connectivity index (χ1n) is 7.65. The third kappa shape index (κ3) is 14.8. The highest BCUT2D eigenvalue weighted by Crippen LogP contribution is 2.02. The molecule has 0 amide bonds. The van der Waals surface area contributed by atoms with E-state index in [0.717, 1.165) is 0 Å². The van der Waals surface area contributed by atoms with Gasteiger partial charge in [-0.2, -0.15) is 0 Å². The van der Waals surface area contributed by atoms with E-state index in [1.807, 2.05) is 27.7 Å². The van der Waals surface area contributed by atoms with Gasteiger partial charge in [0.05, 0.1) is 0 Å². The highest BCUT2D eigenvalue weighted by molar-refractivity contribution is 5.23. The highest BCUT2D eigenvalue weighted by atomic mass is 13.9. The normalized spacial score (nSPS) is 7.27. The molecule has 0 bridgehead atoms. The molecule has 0 unspecified atom stereocenters. The lowest BCUT2D eigenvalue weighted by Gasteiger charge is -1.93. The largest absolute Gasteiger partial charge is 0.0776 e. The summed E-state index contributed by atoms with van der Waals surface area (Å²) < 4.78 is 0. The van der Waals surface area contributed by atoms with Crippen LogP contribution in [-0.2, 0) is 0 Å². The van der Waals surface area contributed by atoms with Gasteiger partial charge in [0, 0.05) is 0 Å². The van der Waals surface area contributed by atoms with E-state index in [9.17, 15) is 0 Å². The number of hydrogen-bond acceptors (Lipinski definition) is 0. The summed E-state index contributed by atoms with van der Waals surface area (Å²) in [5.41, 5.74) is 5.39. The Kier molecular flexibility index (Phi) is 25.3. The van der Waals surface area contributed by atoms with E-state index in [2.05, 4.69) is 76.2 Å². The number of hydrogen-bond donors (Lipinski definition) is 0. The average Bonchev–Trinajstić information content (AvgIpc) is 2.50. The molecule has 0 saturated carbocycles. The van der Waals surface area contributed by atoms with E-state index >= 15 is 0 Å². The minimum Gasteiger partial charge on any atom is -0.0776 e. The Balaban J connectivity index is -0.000000112. The van der Waals surface area contributed by atoms with E-state index in [0.29, 0.717) is 0 Å². The SMILES string of the molecule is C.C.CC.CC.Cc1ccc(C)cc1.Cc1ccccc1C. The lowest BCUT2D eigenvalue weighted by atomic mass is 10.1. The van der Waals surface area contributed by atoms with Crippen molar-refractivity contribution in [3.63, 3.8) is 0 Å². The second-order valence-electron chi connectivity index (χ2n) is 4.24. The van der Waals surface area contributed by atoms with Crippen molar-refractivity contribution < 1.29 is 0 Å². The lowest BCUT2D eigenvalue weighted by molar-refractivity contribution is 1.34. The molecule has 0 aliphatic heterocycles. The maximum atomic E-state index is 2.12. The van der Waals surface area contributed by atoms with Crippen molar-refractivity contribution in [3.8, 4) is 0 Å². The van der Waals surface area contributed by atoms with Crippen molar-refractivity contribution in [2.45, 2.75) is 70.2 Å². The Bertz CT molecular complexity index is 382. The lowest BCUT2D eigenvalue weighted by Crippen LogP contribution is -1.74. The van der Waals surface area contributed by atoms with Crippen molar-refractivity contribution >= 4 is 0 Å². The molecule has 0 heteroatoms. The fourth-order valence-electron chi connectivity index (χ4n) is 1.30. The van der Waals surface area contributed by atoms with Gasteiger partial charge in [0.1, 0.15) is 0 Å². The highest BCUT2D eigenvalue weighted by Gasteiger charge is 1.83. The monoisotopic (exact) mass is 304 g/mol. The van der Waals surface area contributed by atoms with Crippen molar-refractivity contribution in [2.24, 2.45) is 0 Å². The van der Waals surface area contributed by atoms with Gasteiger partial charge < -0.3 is 0 Å². The van der Waals surface area contributed by atoms with Crippen LogP contribution in [0.4, 0.5) is 0 Å². The summed E-state index contributed by atoms with van der Waals surface area (Å²) in [6.45, 7) is 16.4. The van der Waals surface area contributed by atoms with Gasteiger partial charge in [-0.3, -0.25) is 0 Å². The predicted molar refractivity (Wildman–Crippen MR) is 108 cm³/mol. The Hall–Kier alpha value is -1.56. The number of aryl methyl sites for hydroxylation is 4. The Morgan fingerprint density at radius 3 is 0.864 bits per heavy atom. The first kappa shape index (κ1) is 28.6. The second-order valence-corrected chi connectivity index (χ2v) is 4.24. The molecule has 0 fully saturated rings. The molecule has 128 valence electrons. The van der Waals surface area contributed by atoms with E-state index < -0.39 is 0 Å². The molecule has 2 aromatic carbocycles. The summed E-state index contributed by atoms with van der Waals surface area (Å²) in [6, 6.07) is 16.8. The zero-order valence-corrected chi connectivity index (χ0v) is 14.6. The van der Waals surface area contributed by atoms with Crippen LogP contribution in [0.15, 0.2) is 48.5 Å². The molecule has 22 heavy (non-hydrogen) atoms. The van der Waals surface area contributed by atoms with Gasteiger partial charge >= 0.3 is 0 Å². The van der Waals surface area contributed by atoms with Crippen molar-refractivity contribution in [1.82, 2.24) is 0 Å². The molecular weight excluding hydrogens is 264 g/mol. The Labute approximate surface area is 141 Å². The zero-order valence-electron chi connectivity index (χ0n) is 14.6. The minimum atomic E-state index is 0. The van der Waals surface area contributed by atoms with Crippen LogP contribution in [0.1, 0.15) is 64.8 Å². The van der Waals surface area contributed by atoms with Gasteiger partial charge in [-0.1, -0.05) is 102 Å². The van der Waals surface area contributed by atoms with Crippen LogP contribution in [-0.4, -0.2) is 0 Å². The van der Waals surface area contributed by atoms with Crippen LogP contribution in [0.3, 0.4) is 0 Å². The third-order valence-electron chi connectivity index (χ3n) is 2.64. The predicted octanol–water partition coefficient (Wildman–Crippen LogP) is 7.93. The molecule has 0 radical (unpaired) electrons. The third-order valence-corrected chi connectivity index (χ3v) is 2.64. The van der Waals surface area contributed by atoms with Crippen LogP contribution >= 0.6 is 0 Å². The summed E-state index contributed by atoms with van der Waals surface area (Å²) in [5, 5.41) is 0. The fraction of sp³-hybridized carbons (Fsp3) is 0.455. The summed E-state index contributed by atoms with van der Waals surface area (Å²) in [5.74, 6) is 0.